The minimum absolute atomic E-state index is 0.264. The maximum atomic E-state index is 11.9. The van der Waals surface area contributed by atoms with Crippen LogP contribution in [0.3, 0.4) is 0 Å². The predicted molar refractivity (Wildman–Crippen MR) is 66.0 cm³/mol. The lowest BCUT2D eigenvalue weighted by Crippen LogP contribution is -2.51. The molecule has 1 aromatic carbocycles. The number of benzene rings is 1. The molecule has 1 aliphatic heterocycles. The summed E-state index contributed by atoms with van der Waals surface area (Å²) in [4.78, 5) is 22.6. The standard InChI is InChI=1S/C13H16N2O3/c1-8(13(17)18)15-12(16)11-6-9-4-2-3-5-10(9)7-14-11/h2-5,8,11,14H,6-7H2,1H3,(H,15,16)(H,17,18)/t8-,11?/m0/s1. The van der Waals surface area contributed by atoms with Crippen LogP contribution in [0.4, 0.5) is 0 Å². The minimum atomic E-state index is -1.03. The second-order valence-corrected chi connectivity index (χ2v) is 4.47. The Morgan fingerprint density at radius 2 is 2.06 bits per heavy atom. The highest BCUT2D eigenvalue weighted by molar-refractivity contribution is 5.87. The molecule has 2 atom stereocenters. The average Bonchev–Trinajstić information content (AvgIpc) is 2.37. The van der Waals surface area contributed by atoms with Gasteiger partial charge in [-0.1, -0.05) is 24.3 Å². The predicted octanol–water partition coefficient (Wildman–Crippen LogP) is 0.290. The zero-order valence-electron chi connectivity index (χ0n) is 10.1. The molecule has 0 fully saturated rings. The van der Waals surface area contributed by atoms with Crippen LogP contribution in [0.2, 0.25) is 0 Å². The van der Waals surface area contributed by atoms with E-state index in [2.05, 4.69) is 10.6 Å². The maximum absolute atomic E-state index is 11.9. The van der Waals surface area contributed by atoms with Gasteiger partial charge < -0.3 is 15.7 Å². The largest absolute Gasteiger partial charge is 0.480 e. The van der Waals surface area contributed by atoms with E-state index in [-0.39, 0.29) is 11.9 Å². The number of carbonyl (C=O) groups excluding carboxylic acids is 1. The van der Waals surface area contributed by atoms with Crippen LogP contribution >= 0.6 is 0 Å². The summed E-state index contributed by atoms with van der Waals surface area (Å²) < 4.78 is 0. The van der Waals surface area contributed by atoms with Crippen molar-refractivity contribution in [3.8, 4) is 0 Å². The Hall–Kier alpha value is -1.88. The fraction of sp³-hybridized carbons (Fsp3) is 0.385. The van der Waals surface area contributed by atoms with E-state index >= 15 is 0 Å². The highest BCUT2D eigenvalue weighted by Crippen LogP contribution is 2.16. The third-order valence-corrected chi connectivity index (χ3v) is 3.13. The summed E-state index contributed by atoms with van der Waals surface area (Å²) >= 11 is 0. The summed E-state index contributed by atoms with van der Waals surface area (Å²) in [6, 6.07) is 6.71. The molecule has 5 nitrogen and oxygen atoms in total. The Morgan fingerprint density at radius 1 is 1.39 bits per heavy atom. The molecule has 5 heteroatoms. The summed E-state index contributed by atoms with van der Waals surface area (Å²) in [5.41, 5.74) is 2.33. The van der Waals surface area contributed by atoms with Gasteiger partial charge in [0.2, 0.25) is 5.91 Å². The Morgan fingerprint density at radius 3 is 2.72 bits per heavy atom. The van der Waals surface area contributed by atoms with Crippen molar-refractivity contribution in [2.45, 2.75) is 32.0 Å². The van der Waals surface area contributed by atoms with Gasteiger partial charge in [0, 0.05) is 6.54 Å². The number of carboxylic acids is 1. The Kier molecular flexibility index (Phi) is 3.62. The van der Waals surface area contributed by atoms with Crippen molar-refractivity contribution in [1.82, 2.24) is 10.6 Å². The molecular weight excluding hydrogens is 232 g/mol. The number of rotatable bonds is 3. The molecule has 2 rings (SSSR count). The van der Waals surface area contributed by atoms with Gasteiger partial charge in [0.1, 0.15) is 6.04 Å². The smallest absolute Gasteiger partial charge is 0.325 e. The molecule has 0 saturated heterocycles. The third kappa shape index (κ3) is 2.68. The first-order valence-corrected chi connectivity index (χ1v) is 5.91. The molecule has 0 radical (unpaired) electrons. The SMILES string of the molecule is C[C@H](NC(=O)C1Cc2ccccc2CN1)C(=O)O. The molecule has 0 bridgehead atoms. The number of carboxylic acid groups (broad SMARTS) is 1. The molecule has 3 N–H and O–H groups in total. The van der Waals surface area contributed by atoms with Crippen molar-refractivity contribution >= 4 is 11.9 Å². The number of hydrogen-bond donors (Lipinski definition) is 3. The second kappa shape index (κ2) is 5.18. The van der Waals surface area contributed by atoms with Gasteiger partial charge in [-0.3, -0.25) is 9.59 Å². The van der Waals surface area contributed by atoms with E-state index in [0.29, 0.717) is 13.0 Å². The van der Waals surface area contributed by atoms with Gasteiger partial charge in [-0.2, -0.15) is 0 Å². The van der Waals surface area contributed by atoms with Crippen LogP contribution in [0.1, 0.15) is 18.1 Å². The highest BCUT2D eigenvalue weighted by atomic mass is 16.4. The summed E-state index contributed by atoms with van der Waals surface area (Å²) in [5, 5.41) is 14.3. The summed E-state index contributed by atoms with van der Waals surface area (Å²) in [5.74, 6) is -1.29. The summed E-state index contributed by atoms with van der Waals surface area (Å²) in [6.45, 7) is 2.09. The summed E-state index contributed by atoms with van der Waals surface area (Å²) in [7, 11) is 0. The monoisotopic (exact) mass is 248 g/mol. The van der Waals surface area contributed by atoms with E-state index in [1.165, 1.54) is 12.5 Å². The maximum Gasteiger partial charge on any atom is 0.325 e. The molecule has 0 spiro atoms. The molecule has 0 aliphatic carbocycles. The fourth-order valence-corrected chi connectivity index (χ4v) is 2.02. The van der Waals surface area contributed by atoms with Gasteiger partial charge in [0.05, 0.1) is 6.04 Å². The van der Waals surface area contributed by atoms with Gasteiger partial charge in [0.25, 0.3) is 0 Å². The zero-order valence-corrected chi connectivity index (χ0v) is 10.1. The normalized spacial score (nSPS) is 19.7. The molecule has 1 aliphatic rings. The van der Waals surface area contributed by atoms with E-state index in [9.17, 15) is 9.59 Å². The zero-order chi connectivity index (χ0) is 13.1. The van der Waals surface area contributed by atoms with E-state index in [1.54, 1.807) is 0 Å². The van der Waals surface area contributed by atoms with E-state index in [0.717, 1.165) is 5.56 Å². The number of amides is 1. The van der Waals surface area contributed by atoms with Crippen LogP contribution in [0.25, 0.3) is 0 Å². The van der Waals surface area contributed by atoms with Gasteiger partial charge in [-0.25, -0.2) is 0 Å². The fourth-order valence-electron chi connectivity index (χ4n) is 2.02. The molecule has 1 heterocycles. The number of aliphatic carboxylic acids is 1. The highest BCUT2D eigenvalue weighted by Gasteiger charge is 2.25. The number of fused-ring (bicyclic) bond motifs is 1. The van der Waals surface area contributed by atoms with E-state index in [4.69, 9.17) is 5.11 Å². The van der Waals surface area contributed by atoms with Gasteiger partial charge in [-0.05, 0) is 24.5 Å². The number of nitrogens with one attached hydrogen (secondary N) is 2. The van der Waals surface area contributed by atoms with Crippen LogP contribution in [0, 0.1) is 0 Å². The second-order valence-electron chi connectivity index (χ2n) is 4.47. The molecule has 1 amide bonds. The number of carbonyl (C=O) groups is 2. The Bertz CT molecular complexity index is 473. The lowest BCUT2D eigenvalue weighted by molar-refractivity contribution is -0.141. The van der Waals surface area contributed by atoms with E-state index in [1.807, 2.05) is 24.3 Å². The van der Waals surface area contributed by atoms with Crippen LogP contribution < -0.4 is 10.6 Å². The third-order valence-electron chi connectivity index (χ3n) is 3.13. The molecule has 96 valence electrons. The molecule has 1 aromatic rings. The summed E-state index contributed by atoms with van der Waals surface area (Å²) in [6.07, 6.45) is 0.592. The van der Waals surface area contributed by atoms with E-state index < -0.39 is 12.0 Å². The van der Waals surface area contributed by atoms with Gasteiger partial charge >= 0.3 is 5.97 Å². The van der Waals surface area contributed by atoms with Crippen LogP contribution in [-0.2, 0) is 22.6 Å². The van der Waals surface area contributed by atoms with Crippen molar-refractivity contribution in [1.29, 1.82) is 0 Å². The molecule has 1 unspecified atom stereocenters. The quantitative estimate of drug-likeness (QED) is 0.718. The number of hydrogen-bond acceptors (Lipinski definition) is 3. The van der Waals surface area contributed by atoms with Crippen LogP contribution in [0.15, 0.2) is 24.3 Å². The molecular formula is C13H16N2O3. The van der Waals surface area contributed by atoms with Gasteiger partial charge in [-0.15, -0.1) is 0 Å². The van der Waals surface area contributed by atoms with Crippen molar-refractivity contribution in [2.24, 2.45) is 0 Å². The topological polar surface area (TPSA) is 78.4 Å². The van der Waals surface area contributed by atoms with Crippen LogP contribution in [-0.4, -0.2) is 29.1 Å². The lowest BCUT2D eigenvalue weighted by atomic mass is 9.95. The lowest BCUT2D eigenvalue weighted by Gasteiger charge is -2.26. The molecule has 0 aromatic heterocycles. The first kappa shape index (κ1) is 12.6. The Labute approximate surface area is 105 Å². The Balaban J connectivity index is 2.00. The average molecular weight is 248 g/mol. The van der Waals surface area contributed by atoms with Crippen molar-refractivity contribution in [3.63, 3.8) is 0 Å². The van der Waals surface area contributed by atoms with Crippen molar-refractivity contribution < 1.29 is 14.7 Å². The van der Waals surface area contributed by atoms with Gasteiger partial charge in [0.15, 0.2) is 0 Å². The first-order valence-electron chi connectivity index (χ1n) is 5.91. The molecule has 0 saturated carbocycles. The molecule has 18 heavy (non-hydrogen) atoms. The van der Waals surface area contributed by atoms with Crippen molar-refractivity contribution in [3.05, 3.63) is 35.4 Å². The van der Waals surface area contributed by atoms with Crippen molar-refractivity contribution in [2.75, 3.05) is 0 Å². The minimum Gasteiger partial charge on any atom is -0.480 e. The van der Waals surface area contributed by atoms with Crippen LogP contribution in [0.5, 0.6) is 0 Å². The first-order chi connectivity index (χ1) is 8.58.